The van der Waals surface area contributed by atoms with Gasteiger partial charge in [0.05, 0.1) is 27.6 Å². The van der Waals surface area contributed by atoms with E-state index >= 15 is 0 Å². The average molecular weight is 792 g/mol. The smallest absolute Gasteiger partial charge is 0.0963 e. The molecule has 5 aromatic heterocycles. The Morgan fingerprint density at radius 3 is 1.26 bits per heavy atom. The van der Waals surface area contributed by atoms with E-state index in [2.05, 4.69) is 195 Å². The predicted molar refractivity (Wildman–Crippen MR) is 256 cm³/mol. The highest BCUT2D eigenvalue weighted by molar-refractivity contribution is 6.11. The van der Waals surface area contributed by atoms with E-state index in [9.17, 15) is 0 Å². The van der Waals surface area contributed by atoms with Crippen molar-refractivity contribution < 1.29 is 0 Å². The lowest BCUT2D eigenvalue weighted by Crippen LogP contribution is -1.95. The highest BCUT2D eigenvalue weighted by Crippen LogP contribution is 2.38. The van der Waals surface area contributed by atoms with Crippen LogP contribution in [0.5, 0.6) is 0 Å². The van der Waals surface area contributed by atoms with Gasteiger partial charge in [0.1, 0.15) is 0 Å². The second-order valence-electron chi connectivity index (χ2n) is 15.8. The SMILES string of the molecule is c1cc(-c2ccncc2)cc(-c2ccc3c(c2)c2ccccc2n3-c2ccc(-c3ccc(-n4c5ccc(-c6cccc(-c7ccncc7)c6)cc5c5ncccc54)cc3)cc2)c1. The van der Waals surface area contributed by atoms with Gasteiger partial charge in [-0.05, 0) is 159 Å². The van der Waals surface area contributed by atoms with Crippen LogP contribution in [0.15, 0.2) is 225 Å². The van der Waals surface area contributed by atoms with Gasteiger partial charge in [-0.25, -0.2) is 0 Å². The van der Waals surface area contributed by atoms with Crippen molar-refractivity contribution in [2.24, 2.45) is 0 Å². The third-order valence-corrected chi connectivity index (χ3v) is 12.2. The summed E-state index contributed by atoms with van der Waals surface area (Å²) in [5, 5.41) is 3.60. The molecule has 0 saturated heterocycles. The minimum Gasteiger partial charge on any atom is -0.309 e. The van der Waals surface area contributed by atoms with E-state index in [1.165, 1.54) is 55.2 Å². The van der Waals surface area contributed by atoms with Gasteiger partial charge in [-0.15, -0.1) is 0 Å². The summed E-state index contributed by atoms with van der Waals surface area (Å²) in [6, 6.07) is 70.0. The van der Waals surface area contributed by atoms with Crippen molar-refractivity contribution in [1.82, 2.24) is 24.1 Å². The van der Waals surface area contributed by atoms with Gasteiger partial charge in [-0.1, -0.05) is 91.0 Å². The van der Waals surface area contributed by atoms with E-state index in [0.29, 0.717) is 0 Å². The zero-order valence-electron chi connectivity index (χ0n) is 33.6. The number of para-hydroxylation sites is 1. The molecule has 0 aliphatic heterocycles. The van der Waals surface area contributed by atoms with Gasteiger partial charge < -0.3 is 9.13 Å². The van der Waals surface area contributed by atoms with E-state index in [0.717, 1.165) is 55.6 Å². The monoisotopic (exact) mass is 791 g/mol. The lowest BCUT2D eigenvalue weighted by Gasteiger charge is -2.12. The second kappa shape index (κ2) is 14.7. The Morgan fingerprint density at radius 1 is 0.258 bits per heavy atom. The fourth-order valence-electron chi connectivity index (χ4n) is 9.17. The van der Waals surface area contributed by atoms with Crippen LogP contribution in [-0.2, 0) is 0 Å². The van der Waals surface area contributed by atoms with Gasteiger partial charge in [-0.3, -0.25) is 15.0 Å². The lowest BCUT2D eigenvalue weighted by atomic mass is 9.98. The summed E-state index contributed by atoms with van der Waals surface area (Å²) in [6.45, 7) is 0. The first-order valence-corrected chi connectivity index (χ1v) is 20.9. The van der Waals surface area contributed by atoms with Gasteiger partial charge in [0, 0.05) is 58.5 Å². The standard InChI is InChI=1S/C57H37N5/c1-2-11-53-50(10-1)51-36-46(44-8-3-6-42(34-44)40-25-30-58-31-26-40)17-23-54(51)61(53)48-19-13-38(14-20-48)39-15-21-49(22-16-39)62-55-24-18-47(37-52(55)57-56(62)12-5-29-60-57)45-9-4-7-43(35-45)41-27-32-59-33-28-41/h1-37H. The van der Waals surface area contributed by atoms with Crippen molar-refractivity contribution in [3.63, 3.8) is 0 Å². The first-order valence-electron chi connectivity index (χ1n) is 20.9. The maximum atomic E-state index is 4.89. The first kappa shape index (κ1) is 35.5. The number of hydrogen-bond donors (Lipinski definition) is 0. The van der Waals surface area contributed by atoms with Crippen LogP contribution < -0.4 is 0 Å². The zero-order valence-corrected chi connectivity index (χ0v) is 33.6. The minimum absolute atomic E-state index is 0.991. The molecule has 0 bridgehead atoms. The highest BCUT2D eigenvalue weighted by atomic mass is 15.0. The maximum absolute atomic E-state index is 4.89. The molecule has 0 aliphatic rings. The summed E-state index contributed by atoms with van der Waals surface area (Å²) in [5.74, 6) is 0. The normalized spacial score (nSPS) is 11.5. The fourth-order valence-corrected chi connectivity index (χ4v) is 9.17. The number of rotatable bonds is 7. The van der Waals surface area contributed by atoms with E-state index < -0.39 is 0 Å². The lowest BCUT2D eigenvalue weighted by molar-refractivity contribution is 1.17. The molecule has 62 heavy (non-hydrogen) atoms. The van der Waals surface area contributed by atoms with Crippen molar-refractivity contribution >= 4 is 43.7 Å². The van der Waals surface area contributed by atoms with Crippen LogP contribution in [0, 0.1) is 0 Å². The number of nitrogens with zero attached hydrogens (tertiary/aromatic N) is 5. The van der Waals surface area contributed by atoms with Crippen LogP contribution in [0.4, 0.5) is 0 Å². The number of pyridine rings is 3. The van der Waals surface area contributed by atoms with Crippen molar-refractivity contribution in [1.29, 1.82) is 0 Å². The van der Waals surface area contributed by atoms with Crippen molar-refractivity contribution in [2.75, 3.05) is 0 Å². The van der Waals surface area contributed by atoms with Crippen molar-refractivity contribution in [3.05, 3.63) is 225 Å². The number of benzene rings is 7. The van der Waals surface area contributed by atoms with Crippen molar-refractivity contribution in [2.45, 2.75) is 0 Å². The summed E-state index contributed by atoms with van der Waals surface area (Å²) < 4.78 is 4.71. The quantitative estimate of drug-likeness (QED) is 0.162. The Labute approximate surface area is 358 Å². The molecule has 290 valence electrons. The molecule has 0 amide bonds. The molecule has 0 atom stereocenters. The zero-order chi connectivity index (χ0) is 41.0. The van der Waals surface area contributed by atoms with E-state index in [1.54, 1.807) is 0 Å². The summed E-state index contributed by atoms with van der Waals surface area (Å²) >= 11 is 0. The van der Waals surface area contributed by atoms with Crippen molar-refractivity contribution in [3.8, 4) is 67.0 Å². The molecule has 0 aliphatic carbocycles. The van der Waals surface area contributed by atoms with Gasteiger partial charge in [0.25, 0.3) is 0 Å². The average Bonchev–Trinajstić information content (AvgIpc) is 3.87. The summed E-state index contributed by atoms with van der Waals surface area (Å²) in [6.07, 6.45) is 9.25. The summed E-state index contributed by atoms with van der Waals surface area (Å²) in [4.78, 5) is 13.3. The molecule has 0 fully saturated rings. The fraction of sp³-hybridized carbons (Fsp3) is 0. The Bertz CT molecular complexity index is 3360. The van der Waals surface area contributed by atoms with Crippen LogP contribution in [0.1, 0.15) is 0 Å². The molecule has 5 heteroatoms. The maximum Gasteiger partial charge on any atom is 0.0963 e. The largest absolute Gasteiger partial charge is 0.309 e. The highest BCUT2D eigenvalue weighted by Gasteiger charge is 2.16. The van der Waals surface area contributed by atoms with E-state index in [1.807, 2.05) is 49.2 Å². The van der Waals surface area contributed by atoms with Gasteiger partial charge in [0.15, 0.2) is 0 Å². The molecule has 0 radical (unpaired) electrons. The Hall–Kier alpha value is -8.41. The molecule has 12 rings (SSSR count). The van der Waals surface area contributed by atoms with Gasteiger partial charge in [-0.2, -0.15) is 0 Å². The number of hydrogen-bond acceptors (Lipinski definition) is 3. The second-order valence-corrected chi connectivity index (χ2v) is 15.8. The van der Waals surface area contributed by atoms with Gasteiger partial charge in [0.2, 0.25) is 0 Å². The van der Waals surface area contributed by atoms with Crippen LogP contribution in [0.25, 0.3) is 111 Å². The molecule has 0 spiro atoms. The summed E-state index contributed by atoms with van der Waals surface area (Å²) in [5.41, 5.74) is 19.5. The summed E-state index contributed by atoms with van der Waals surface area (Å²) in [7, 11) is 0. The molecule has 5 heterocycles. The number of fused-ring (bicyclic) bond motifs is 6. The van der Waals surface area contributed by atoms with E-state index in [4.69, 9.17) is 4.98 Å². The molecule has 0 saturated carbocycles. The van der Waals surface area contributed by atoms with E-state index in [-0.39, 0.29) is 0 Å². The number of aromatic nitrogens is 5. The minimum atomic E-state index is 0.991. The molecular weight excluding hydrogens is 755 g/mol. The first-order chi connectivity index (χ1) is 30.7. The van der Waals surface area contributed by atoms with Crippen LogP contribution >= 0.6 is 0 Å². The Balaban J connectivity index is 0.865. The molecule has 0 N–H and O–H groups in total. The Morgan fingerprint density at radius 2 is 0.677 bits per heavy atom. The van der Waals surface area contributed by atoms with Crippen LogP contribution in [0.2, 0.25) is 0 Å². The molecule has 12 aromatic rings. The Kier molecular flexibility index (Phi) is 8.42. The topological polar surface area (TPSA) is 48.5 Å². The van der Waals surface area contributed by atoms with Crippen LogP contribution in [-0.4, -0.2) is 24.1 Å². The molecule has 7 aromatic carbocycles. The van der Waals surface area contributed by atoms with Crippen LogP contribution in [0.3, 0.4) is 0 Å². The third-order valence-electron chi connectivity index (χ3n) is 12.2. The molecular formula is C57H37N5. The van der Waals surface area contributed by atoms with Gasteiger partial charge >= 0.3 is 0 Å². The predicted octanol–water partition coefficient (Wildman–Crippen LogP) is 14.4. The third kappa shape index (κ3) is 6.06. The molecule has 5 nitrogen and oxygen atoms in total. The molecule has 0 unspecified atom stereocenters.